The lowest BCUT2D eigenvalue weighted by Gasteiger charge is -2.09. The molecule has 31 heavy (non-hydrogen) atoms. The molecular formula is C23H21N3O5. The number of nitrogens with one attached hydrogen (secondary N) is 2. The van der Waals surface area contributed by atoms with Gasteiger partial charge in [-0.05, 0) is 55.0 Å². The van der Waals surface area contributed by atoms with Gasteiger partial charge in [0.25, 0.3) is 11.5 Å². The number of esters is 1. The Morgan fingerprint density at radius 1 is 0.903 bits per heavy atom. The van der Waals surface area contributed by atoms with Crippen LogP contribution in [0.3, 0.4) is 0 Å². The zero-order chi connectivity index (χ0) is 22.4. The van der Waals surface area contributed by atoms with Gasteiger partial charge in [0, 0.05) is 29.2 Å². The lowest BCUT2D eigenvalue weighted by atomic mass is 10.1. The molecule has 0 radical (unpaired) electrons. The summed E-state index contributed by atoms with van der Waals surface area (Å²) in [6.07, 6.45) is 1.62. The molecule has 3 aromatic rings. The van der Waals surface area contributed by atoms with Gasteiger partial charge in [-0.25, -0.2) is 4.79 Å². The molecule has 2 aromatic carbocycles. The first-order chi connectivity index (χ1) is 14.9. The van der Waals surface area contributed by atoms with Crippen LogP contribution in [-0.2, 0) is 16.1 Å². The fraction of sp³-hybridized carbons (Fsp3) is 0.130. The fourth-order valence-corrected chi connectivity index (χ4v) is 2.88. The predicted octanol–water partition coefficient (Wildman–Crippen LogP) is 2.83. The molecule has 8 heteroatoms. The number of methoxy groups -OCH3 is 1. The number of hydrogen-bond donors (Lipinski definition) is 2. The molecule has 0 spiro atoms. The van der Waals surface area contributed by atoms with E-state index < -0.39 is 5.97 Å². The fourth-order valence-electron chi connectivity index (χ4n) is 2.88. The van der Waals surface area contributed by atoms with Crippen LogP contribution in [0.4, 0.5) is 11.4 Å². The lowest BCUT2D eigenvalue weighted by molar-refractivity contribution is -0.116. The number of anilines is 2. The van der Waals surface area contributed by atoms with Gasteiger partial charge >= 0.3 is 5.97 Å². The summed E-state index contributed by atoms with van der Waals surface area (Å²) in [7, 11) is 1.28. The monoisotopic (exact) mass is 419 g/mol. The average Bonchev–Trinajstić information content (AvgIpc) is 2.76. The van der Waals surface area contributed by atoms with Crippen LogP contribution in [0.15, 0.2) is 71.7 Å². The Balaban J connectivity index is 1.62. The number of pyridine rings is 1. The molecule has 0 bridgehead atoms. The number of aromatic nitrogens is 1. The van der Waals surface area contributed by atoms with Crippen LogP contribution >= 0.6 is 0 Å². The van der Waals surface area contributed by atoms with Crippen LogP contribution in [0.1, 0.15) is 26.3 Å². The van der Waals surface area contributed by atoms with Crippen LogP contribution in [0, 0.1) is 6.92 Å². The van der Waals surface area contributed by atoms with Gasteiger partial charge < -0.3 is 19.9 Å². The first-order valence-electron chi connectivity index (χ1n) is 9.42. The van der Waals surface area contributed by atoms with Gasteiger partial charge in [0.2, 0.25) is 5.91 Å². The summed E-state index contributed by atoms with van der Waals surface area (Å²) in [5.41, 5.74) is 2.26. The van der Waals surface area contributed by atoms with Gasteiger partial charge in [0.1, 0.15) is 6.54 Å². The van der Waals surface area contributed by atoms with E-state index in [0.717, 1.165) is 5.56 Å². The number of nitrogens with zero attached hydrogens (tertiary/aromatic N) is 1. The standard InChI is InChI=1S/C23H21N3O5/c1-15-6-11-21(28)26(13-15)14-20(27)24-18-9-7-16(8-10-18)22(29)25-19-5-3-4-17(12-19)23(30)31-2/h3-13H,14H2,1-2H3,(H,24,27)(H,25,29). The first-order valence-corrected chi connectivity index (χ1v) is 9.42. The third-order valence-electron chi connectivity index (χ3n) is 4.42. The molecule has 0 atom stereocenters. The molecule has 0 saturated carbocycles. The van der Waals surface area contributed by atoms with Crippen LogP contribution in [0.5, 0.6) is 0 Å². The maximum Gasteiger partial charge on any atom is 0.337 e. The number of carbonyl (C=O) groups is 3. The predicted molar refractivity (Wildman–Crippen MR) is 116 cm³/mol. The lowest BCUT2D eigenvalue weighted by Crippen LogP contribution is -2.26. The van der Waals surface area contributed by atoms with Crippen molar-refractivity contribution in [2.75, 3.05) is 17.7 Å². The topological polar surface area (TPSA) is 106 Å². The second-order valence-corrected chi connectivity index (χ2v) is 6.82. The van der Waals surface area contributed by atoms with Crippen molar-refractivity contribution in [1.82, 2.24) is 4.57 Å². The Morgan fingerprint density at radius 3 is 2.35 bits per heavy atom. The number of carbonyl (C=O) groups excluding carboxylic acids is 3. The molecular weight excluding hydrogens is 398 g/mol. The van der Waals surface area contributed by atoms with Crippen molar-refractivity contribution in [3.8, 4) is 0 Å². The van der Waals surface area contributed by atoms with Crippen LogP contribution in [-0.4, -0.2) is 29.5 Å². The zero-order valence-corrected chi connectivity index (χ0v) is 17.0. The Morgan fingerprint density at radius 2 is 1.65 bits per heavy atom. The molecule has 0 aliphatic rings. The third-order valence-corrected chi connectivity index (χ3v) is 4.42. The summed E-state index contributed by atoms with van der Waals surface area (Å²) < 4.78 is 6.00. The van der Waals surface area contributed by atoms with Crippen molar-refractivity contribution in [2.24, 2.45) is 0 Å². The summed E-state index contributed by atoms with van der Waals surface area (Å²) in [6.45, 7) is 1.72. The van der Waals surface area contributed by atoms with E-state index in [0.29, 0.717) is 22.5 Å². The molecule has 2 amide bonds. The Labute approximate surface area is 178 Å². The van der Waals surface area contributed by atoms with Crippen molar-refractivity contribution >= 4 is 29.2 Å². The number of amides is 2. The Kier molecular flexibility index (Phi) is 6.61. The van der Waals surface area contributed by atoms with Crippen molar-refractivity contribution < 1.29 is 19.1 Å². The molecule has 1 heterocycles. The van der Waals surface area contributed by atoms with Gasteiger partial charge in [-0.15, -0.1) is 0 Å². The summed E-state index contributed by atoms with van der Waals surface area (Å²) in [4.78, 5) is 48.1. The maximum atomic E-state index is 12.5. The molecule has 0 fully saturated rings. The normalized spacial score (nSPS) is 10.3. The van der Waals surface area contributed by atoms with Crippen LogP contribution < -0.4 is 16.2 Å². The molecule has 158 valence electrons. The highest BCUT2D eigenvalue weighted by Gasteiger charge is 2.10. The molecule has 3 rings (SSSR count). The minimum atomic E-state index is -0.496. The number of ether oxygens (including phenoxy) is 1. The molecule has 0 unspecified atom stereocenters. The summed E-state index contributed by atoms with van der Waals surface area (Å²) in [5.74, 6) is -1.22. The van der Waals surface area contributed by atoms with Crippen molar-refractivity contribution in [3.63, 3.8) is 0 Å². The smallest absolute Gasteiger partial charge is 0.337 e. The van der Waals surface area contributed by atoms with E-state index in [9.17, 15) is 19.2 Å². The average molecular weight is 419 g/mol. The SMILES string of the molecule is COC(=O)c1cccc(NC(=O)c2ccc(NC(=O)Cn3cc(C)ccc3=O)cc2)c1. The van der Waals surface area contributed by atoms with Crippen molar-refractivity contribution in [2.45, 2.75) is 13.5 Å². The third kappa shape index (κ3) is 5.66. The number of rotatable bonds is 6. The molecule has 0 aliphatic heterocycles. The molecule has 2 N–H and O–H groups in total. The van der Waals surface area contributed by atoms with Crippen LogP contribution in [0.25, 0.3) is 0 Å². The van der Waals surface area contributed by atoms with E-state index in [4.69, 9.17) is 0 Å². The second-order valence-electron chi connectivity index (χ2n) is 6.82. The summed E-state index contributed by atoms with van der Waals surface area (Å²) in [5, 5.41) is 5.41. The summed E-state index contributed by atoms with van der Waals surface area (Å²) in [6, 6.07) is 15.8. The van der Waals surface area contributed by atoms with E-state index in [2.05, 4.69) is 15.4 Å². The van der Waals surface area contributed by atoms with Crippen LogP contribution in [0.2, 0.25) is 0 Å². The minimum Gasteiger partial charge on any atom is -0.465 e. The Hall–Kier alpha value is -4.20. The number of aryl methyl sites for hydroxylation is 1. The van der Waals surface area contributed by atoms with E-state index in [1.165, 1.54) is 23.8 Å². The van der Waals surface area contributed by atoms with Crippen molar-refractivity contribution in [3.05, 3.63) is 93.9 Å². The largest absolute Gasteiger partial charge is 0.465 e. The van der Waals surface area contributed by atoms with Crippen molar-refractivity contribution in [1.29, 1.82) is 0 Å². The minimum absolute atomic E-state index is 0.112. The van der Waals surface area contributed by atoms with E-state index >= 15 is 0 Å². The number of hydrogen-bond acceptors (Lipinski definition) is 5. The first kappa shape index (κ1) is 21.5. The second kappa shape index (κ2) is 9.53. The molecule has 8 nitrogen and oxygen atoms in total. The van der Waals surface area contributed by atoms with Gasteiger partial charge in [0.15, 0.2) is 0 Å². The maximum absolute atomic E-state index is 12.5. The van der Waals surface area contributed by atoms with Gasteiger partial charge in [-0.2, -0.15) is 0 Å². The molecule has 1 aromatic heterocycles. The van der Waals surface area contributed by atoms with E-state index in [1.54, 1.807) is 54.7 Å². The van der Waals surface area contributed by atoms with E-state index in [1.807, 2.05) is 6.92 Å². The van der Waals surface area contributed by atoms with Gasteiger partial charge in [-0.3, -0.25) is 14.4 Å². The van der Waals surface area contributed by atoms with Gasteiger partial charge in [0.05, 0.1) is 12.7 Å². The molecule has 0 aliphatic carbocycles. The highest BCUT2D eigenvalue weighted by Crippen LogP contribution is 2.15. The highest BCUT2D eigenvalue weighted by molar-refractivity contribution is 6.05. The quantitative estimate of drug-likeness (QED) is 0.598. The van der Waals surface area contributed by atoms with E-state index in [-0.39, 0.29) is 23.9 Å². The highest BCUT2D eigenvalue weighted by atomic mass is 16.5. The Bertz CT molecular complexity index is 1180. The van der Waals surface area contributed by atoms with Gasteiger partial charge in [-0.1, -0.05) is 12.1 Å². The summed E-state index contributed by atoms with van der Waals surface area (Å²) >= 11 is 0. The molecule has 0 saturated heterocycles. The zero-order valence-electron chi connectivity index (χ0n) is 17.0. The number of benzene rings is 2.